The maximum Gasteiger partial charge on any atom is 0.327 e. The second-order valence-corrected chi connectivity index (χ2v) is 5.51. The van der Waals surface area contributed by atoms with Crippen molar-refractivity contribution in [2.75, 3.05) is 11.6 Å². The molecule has 0 spiro atoms. The Kier molecular flexibility index (Phi) is 4.69. The van der Waals surface area contributed by atoms with Crippen molar-refractivity contribution in [3.8, 4) is 0 Å². The molecule has 0 aliphatic carbocycles. The van der Waals surface area contributed by atoms with Crippen molar-refractivity contribution in [2.24, 2.45) is 5.73 Å². The van der Waals surface area contributed by atoms with E-state index in [4.69, 9.17) is 10.8 Å². The number of rotatable bonds is 4. The molecule has 112 valence electrons. The smallest absolute Gasteiger partial charge is 0.327 e. The fourth-order valence-corrected chi connectivity index (χ4v) is 3.26. The van der Waals surface area contributed by atoms with Crippen LogP contribution in [0.2, 0.25) is 0 Å². The molecule has 1 aliphatic heterocycles. The Morgan fingerprint density at radius 2 is 2.00 bits per heavy atom. The largest absolute Gasteiger partial charge is 0.480 e. The molecule has 1 saturated heterocycles. The zero-order valence-electron chi connectivity index (χ0n) is 11.1. The van der Waals surface area contributed by atoms with Gasteiger partial charge in [0.1, 0.15) is 12.1 Å². The predicted molar refractivity (Wildman–Crippen MR) is 77.5 cm³/mol. The summed E-state index contributed by atoms with van der Waals surface area (Å²) in [5, 5.41) is 11.5. The lowest BCUT2D eigenvalue weighted by molar-refractivity contribution is -0.148. The molecule has 1 aromatic carbocycles. The number of carbonyl (C=O) groups is 3. The van der Waals surface area contributed by atoms with Gasteiger partial charge < -0.3 is 21.1 Å². The summed E-state index contributed by atoms with van der Waals surface area (Å²) in [5.41, 5.74) is 5.68. The van der Waals surface area contributed by atoms with Crippen LogP contribution in [0, 0.1) is 0 Å². The van der Waals surface area contributed by atoms with Crippen LogP contribution in [0.1, 0.15) is 11.6 Å². The molecule has 0 saturated carbocycles. The predicted octanol–water partition coefficient (Wildman–Crippen LogP) is 0.382. The number of hydrogen-bond acceptors (Lipinski definition) is 4. The van der Waals surface area contributed by atoms with Gasteiger partial charge in [-0.15, -0.1) is 11.8 Å². The van der Waals surface area contributed by atoms with Gasteiger partial charge >= 0.3 is 12.0 Å². The SMILES string of the molecule is NC(=O)NC(C(=O)N1CSCC1C(=O)O)c1ccccc1. The van der Waals surface area contributed by atoms with Gasteiger partial charge in [-0.2, -0.15) is 0 Å². The number of hydrogen-bond donors (Lipinski definition) is 3. The fourth-order valence-electron chi connectivity index (χ4n) is 2.11. The average Bonchev–Trinajstić information content (AvgIpc) is 2.94. The molecule has 4 N–H and O–H groups in total. The number of nitrogens with one attached hydrogen (secondary N) is 1. The van der Waals surface area contributed by atoms with E-state index in [0.29, 0.717) is 11.3 Å². The molecule has 0 aromatic heterocycles. The van der Waals surface area contributed by atoms with Crippen LogP contribution in [0.3, 0.4) is 0 Å². The third kappa shape index (κ3) is 3.46. The Morgan fingerprint density at radius 3 is 2.57 bits per heavy atom. The first-order valence-corrected chi connectivity index (χ1v) is 7.38. The Hall–Kier alpha value is -2.22. The van der Waals surface area contributed by atoms with Crippen LogP contribution in [0.25, 0.3) is 0 Å². The first kappa shape index (κ1) is 15.2. The second kappa shape index (κ2) is 6.49. The van der Waals surface area contributed by atoms with Crippen LogP contribution < -0.4 is 11.1 Å². The highest BCUT2D eigenvalue weighted by molar-refractivity contribution is 7.99. The quantitative estimate of drug-likeness (QED) is 0.744. The van der Waals surface area contributed by atoms with Gasteiger partial charge in [-0.25, -0.2) is 9.59 Å². The van der Waals surface area contributed by atoms with Gasteiger partial charge in [0.15, 0.2) is 0 Å². The number of aliphatic carboxylic acids is 1. The van der Waals surface area contributed by atoms with Gasteiger partial charge in [-0.1, -0.05) is 30.3 Å². The van der Waals surface area contributed by atoms with Crippen LogP contribution in [-0.4, -0.2) is 45.6 Å². The topological polar surface area (TPSA) is 113 Å². The first-order chi connectivity index (χ1) is 10.0. The normalized spacial score (nSPS) is 19.0. The van der Waals surface area contributed by atoms with Crippen LogP contribution in [0.5, 0.6) is 0 Å². The third-order valence-electron chi connectivity index (χ3n) is 3.12. The Labute approximate surface area is 125 Å². The van der Waals surface area contributed by atoms with Crippen molar-refractivity contribution in [2.45, 2.75) is 12.1 Å². The van der Waals surface area contributed by atoms with Gasteiger partial charge in [0, 0.05) is 5.75 Å². The number of carbonyl (C=O) groups excluding carboxylic acids is 2. The molecule has 21 heavy (non-hydrogen) atoms. The number of amides is 3. The van der Waals surface area contributed by atoms with Crippen molar-refractivity contribution in [1.82, 2.24) is 10.2 Å². The van der Waals surface area contributed by atoms with E-state index in [-0.39, 0.29) is 5.88 Å². The maximum atomic E-state index is 12.6. The lowest BCUT2D eigenvalue weighted by Crippen LogP contribution is -2.48. The summed E-state index contributed by atoms with van der Waals surface area (Å²) in [5.74, 6) is -0.921. The second-order valence-electron chi connectivity index (χ2n) is 4.51. The number of benzene rings is 1. The summed E-state index contributed by atoms with van der Waals surface area (Å²) >= 11 is 1.36. The van der Waals surface area contributed by atoms with Crippen molar-refractivity contribution in [3.05, 3.63) is 35.9 Å². The number of nitrogens with zero attached hydrogens (tertiary/aromatic N) is 1. The zero-order valence-corrected chi connectivity index (χ0v) is 11.9. The summed E-state index contributed by atoms with van der Waals surface area (Å²) < 4.78 is 0. The molecular weight excluding hydrogens is 294 g/mol. The highest BCUT2D eigenvalue weighted by Crippen LogP contribution is 2.25. The monoisotopic (exact) mass is 309 g/mol. The molecule has 0 bridgehead atoms. The lowest BCUT2D eigenvalue weighted by Gasteiger charge is -2.26. The van der Waals surface area contributed by atoms with E-state index in [2.05, 4.69) is 5.32 Å². The number of thioether (sulfide) groups is 1. The van der Waals surface area contributed by atoms with Crippen molar-refractivity contribution in [3.63, 3.8) is 0 Å². The van der Waals surface area contributed by atoms with Crippen LogP contribution >= 0.6 is 11.8 Å². The van der Waals surface area contributed by atoms with E-state index < -0.39 is 30.0 Å². The molecular formula is C13H15N3O4S. The van der Waals surface area contributed by atoms with Crippen LogP contribution in [-0.2, 0) is 9.59 Å². The molecule has 3 amide bonds. The van der Waals surface area contributed by atoms with Crippen molar-refractivity contribution < 1.29 is 19.5 Å². The Balaban J connectivity index is 2.26. The minimum atomic E-state index is -1.06. The Bertz CT molecular complexity index is 552. The number of carboxylic acid groups (broad SMARTS) is 1. The summed E-state index contributed by atoms with van der Waals surface area (Å²) in [6.07, 6.45) is 0. The number of nitrogens with two attached hydrogens (primary N) is 1. The van der Waals surface area contributed by atoms with Crippen LogP contribution in [0.4, 0.5) is 4.79 Å². The summed E-state index contributed by atoms with van der Waals surface area (Å²) in [7, 11) is 0. The molecule has 1 fully saturated rings. The standard InChI is InChI=1S/C13H15N3O4S/c14-13(20)15-10(8-4-2-1-3-5-8)11(17)16-7-21-6-9(16)12(18)19/h1-5,9-10H,6-7H2,(H,18,19)(H3,14,15,20). The Morgan fingerprint density at radius 1 is 1.33 bits per heavy atom. The summed E-state index contributed by atoms with van der Waals surface area (Å²) in [6.45, 7) is 0. The number of urea groups is 1. The number of primary amides is 1. The zero-order chi connectivity index (χ0) is 15.4. The third-order valence-corrected chi connectivity index (χ3v) is 4.13. The molecule has 8 heteroatoms. The molecule has 1 aliphatic rings. The minimum absolute atomic E-state index is 0.277. The molecule has 2 atom stereocenters. The van der Waals surface area contributed by atoms with Crippen molar-refractivity contribution >= 4 is 29.7 Å². The highest BCUT2D eigenvalue weighted by Gasteiger charge is 2.38. The molecule has 2 unspecified atom stereocenters. The van der Waals surface area contributed by atoms with E-state index in [1.807, 2.05) is 0 Å². The van der Waals surface area contributed by atoms with Gasteiger partial charge in [0.05, 0.1) is 5.88 Å². The van der Waals surface area contributed by atoms with Gasteiger partial charge in [0.2, 0.25) is 0 Å². The number of carboxylic acids is 1. The summed E-state index contributed by atoms with van der Waals surface area (Å²) in [4.78, 5) is 36.1. The lowest BCUT2D eigenvalue weighted by atomic mass is 10.1. The van der Waals surface area contributed by atoms with E-state index in [1.54, 1.807) is 30.3 Å². The molecule has 1 aromatic rings. The van der Waals surface area contributed by atoms with Gasteiger partial charge in [-0.05, 0) is 5.56 Å². The van der Waals surface area contributed by atoms with Gasteiger partial charge in [-0.3, -0.25) is 4.79 Å². The molecule has 2 rings (SSSR count). The average molecular weight is 309 g/mol. The van der Waals surface area contributed by atoms with E-state index in [0.717, 1.165) is 0 Å². The fraction of sp³-hybridized carbons (Fsp3) is 0.308. The maximum absolute atomic E-state index is 12.6. The molecule has 0 radical (unpaired) electrons. The van der Waals surface area contributed by atoms with Crippen molar-refractivity contribution in [1.29, 1.82) is 0 Å². The van der Waals surface area contributed by atoms with Gasteiger partial charge in [0.25, 0.3) is 5.91 Å². The van der Waals surface area contributed by atoms with Crippen LogP contribution in [0.15, 0.2) is 30.3 Å². The highest BCUT2D eigenvalue weighted by atomic mass is 32.2. The summed E-state index contributed by atoms with van der Waals surface area (Å²) in [6, 6.07) is 5.89. The molecule has 1 heterocycles. The minimum Gasteiger partial charge on any atom is -0.480 e. The van der Waals surface area contributed by atoms with E-state index >= 15 is 0 Å². The van der Waals surface area contributed by atoms with E-state index in [1.165, 1.54) is 16.7 Å². The molecule has 7 nitrogen and oxygen atoms in total. The van der Waals surface area contributed by atoms with E-state index in [9.17, 15) is 14.4 Å². The first-order valence-electron chi connectivity index (χ1n) is 6.22.